The molecule has 1 saturated carbocycles. The summed E-state index contributed by atoms with van der Waals surface area (Å²) in [6.45, 7) is 3.36. The molecular formula is C16H22F2N2O2. The number of hydrogen-bond acceptors (Lipinski definition) is 2. The number of ether oxygens (including phenoxy) is 1. The first kappa shape index (κ1) is 16.7. The van der Waals surface area contributed by atoms with E-state index in [9.17, 15) is 13.6 Å². The average molecular weight is 312 g/mol. The molecule has 1 atom stereocenters. The molecule has 1 aromatic rings. The van der Waals surface area contributed by atoms with E-state index in [0.717, 1.165) is 18.9 Å². The van der Waals surface area contributed by atoms with Gasteiger partial charge in [0.2, 0.25) is 0 Å². The van der Waals surface area contributed by atoms with E-state index in [-0.39, 0.29) is 6.03 Å². The summed E-state index contributed by atoms with van der Waals surface area (Å²) < 4.78 is 31.5. The van der Waals surface area contributed by atoms with Crippen LogP contribution in [0, 0.1) is 17.6 Å². The topological polar surface area (TPSA) is 41.6 Å². The fourth-order valence-corrected chi connectivity index (χ4v) is 2.27. The predicted molar refractivity (Wildman–Crippen MR) is 79.5 cm³/mol. The zero-order valence-electron chi connectivity index (χ0n) is 12.9. The van der Waals surface area contributed by atoms with Crippen LogP contribution < -0.4 is 5.32 Å². The Morgan fingerprint density at radius 2 is 2.00 bits per heavy atom. The molecule has 1 aromatic carbocycles. The van der Waals surface area contributed by atoms with Crippen LogP contribution in [0.1, 0.15) is 31.4 Å². The summed E-state index contributed by atoms with van der Waals surface area (Å²) in [5.41, 5.74) is 0.406. The van der Waals surface area contributed by atoms with Crippen LogP contribution in [-0.4, -0.2) is 37.7 Å². The van der Waals surface area contributed by atoms with Gasteiger partial charge in [0.25, 0.3) is 0 Å². The van der Waals surface area contributed by atoms with Crippen LogP contribution in [0.15, 0.2) is 18.2 Å². The molecule has 6 heteroatoms. The largest absolute Gasteiger partial charge is 0.383 e. The number of amides is 2. The molecule has 1 N–H and O–H groups in total. The highest BCUT2D eigenvalue weighted by molar-refractivity contribution is 5.74. The summed E-state index contributed by atoms with van der Waals surface area (Å²) in [7, 11) is 1.59. The lowest BCUT2D eigenvalue weighted by atomic mass is 10.1. The minimum atomic E-state index is -0.648. The van der Waals surface area contributed by atoms with Gasteiger partial charge in [0.05, 0.1) is 12.6 Å². The number of carbonyl (C=O) groups is 1. The van der Waals surface area contributed by atoms with Gasteiger partial charge in [-0.2, -0.15) is 0 Å². The van der Waals surface area contributed by atoms with E-state index in [1.807, 2.05) is 0 Å². The summed E-state index contributed by atoms with van der Waals surface area (Å²) in [5.74, 6) is -0.736. The van der Waals surface area contributed by atoms with E-state index in [1.54, 1.807) is 18.9 Å². The normalized spacial score (nSPS) is 15.5. The van der Waals surface area contributed by atoms with E-state index in [2.05, 4.69) is 5.32 Å². The second-order valence-corrected chi connectivity index (χ2v) is 5.76. The van der Waals surface area contributed by atoms with Gasteiger partial charge in [-0.25, -0.2) is 13.6 Å². The number of hydrogen-bond donors (Lipinski definition) is 1. The standard InChI is InChI=1S/C16H22F2N2O2/c1-11(13-7-14(17)9-15(18)8-13)19-16(21)20(5-6-22-2)10-12-3-4-12/h7-9,11-12H,3-6,10H2,1-2H3,(H,19,21)/t11-/m0/s1. The second kappa shape index (κ2) is 7.54. The molecule has 1 aliphatic carbocycles. The molecule has 1 fully saturated rings. The van der Waals surface area contributed by atoms with Gasteiger partial charge < -0.3 is 15.0 Å². The molecule has 0 bridgehead atoms. The molecule has 4 nitrogen and oxygen atoms in total. The SMILES string of the molecule is COCCN(CC1CC1)C(=O)N[C@@H](C)c1cc(F)cc(F)c1. The maximum absolute atomic E-state index is 13.3. The van der Waals surface area contributed by atoms with Gasteiger partial charge in [0.15, 0.2) is 0 Å². The minimum absolute atomic E-state index is 0.235. The van der Waals surface area contributed by atoms with E-state index >= 15 is 0 Å². The van der Waals surface area contributed by atoms with Gasteiger partial charge in [-0.15, -0.1) is 0 Å². The second-order valence-electron chi connectivity index (χ2n) is 5.76. The van der Waals surface area contributed by atoms with Crippen molar-refractivity contribution >= 4 is 6.03 Å². The van der Waals surface area contributed by atoms with Crippen LogP contribution in [0.3, 0.4) is 0 Å². The molecule has 0 unspecified atom stereocenters. The highest BCUT2D eigenvalue weighted by Crippen LogP contribution is 2.29. The predicted octanol–water partition coefficient (Wildman–Crippen LogP) is 3.09. The van der Waals surface area contributed by atoms with Gasteiger partial charge in [-0.1, -0.05) is 0 Å². The first-order valence-corrected chi connectivity index (χ1v) is 7.50. The molecule has 0 aromatic heterocycles. The van der Waals surface area contributed by atoms with E-state index in [4.69, 9.17) is 4.74 Å². The maximum Gasteiger partial charge on any atom is 0.317 e. The molecule has 0 saturated heterocycles. The van der Waals surface area contributed by atoms with Gasteiger partial charge in [-0.05, 0) is 43.4 Å². The van der Waals surface area contributed by atoms with Crippen LogP contribution in [0.5, 0.6) is 0 Å². The highest BCUT2D eigenvalue weighted by atomic mass is 19.1. The van der Waals surface area contributed by atoms with Crippen LogP contribution >= 0.6 is 0 Å². The summed E-state index contributed by atoms with van der Waals surface area (Å²) in [5, 5.41) is 2.79. The lowest BCUT2D eigenvalue weighted by molar-refractivity contribution is 0.145. The Kier molecular flexibility index (Phi) is 5.71. The third kappa shape index (κ3) is 4.94. The van der Waals surface area contributed by atoms with Gasteiger partial charge >= 0.3 is 6.03 Å². The Morgan fingerprint density at radius 1 is 1.36 bits per heavy atom. The molecule has 0 aliphatic heterocycles. The van der Waals surface area contributed by atoms with E-state index < -0.39 is 17.7 Å². The van der Waals surface area contributed by atoms with Crippen LogP contribution in [0.2, 0.25) is 0 Å². The van der Waals surface area contributed by atoms with Crippen molar-refractivity contribution in [1.82, 2.24) is 10.2 Å². The number of halogens is 2. The minimum Gasteiger partial charge on any atom is -0.383 e. The fraction of sp³-hybridized carbons (Fsp3) is 0.562. The Bertz CT molecular complexity index is 501. The summed E-state index contributed by atoms with van der Waals surface area (Å²) in [6, 6.07) is 2.57. The quantitative estimate of drug-likeness (QED) is 0.840. The van der Waals surface area contributed by atoms with Crippen molar-refractivity contribution in [3.8, 4) is 0 Å². The van der Waals surface area contributed by atoms with Crippen LogP contribution in [-0.2, 0) is 4.74 Å². The lowest BCUT2D eigenvalue weighted by Gasteiger charge is -2.25. The molecule has 1 aliphatic rings. The Labute approximate surface area is 129 Å². The molecule has 0 spiro atoms. The Hall–Kier alpha value is -1.69. The third-order valence-electron chi connectivity index (χ3n) is 3.75. The van der Waals surface area contributed by atoms with Crippen molar-refractivity contribution in [3.63, 3.8) is 0 Å². The zero-order chi connectivity index (χ0) is 16.1. The summed E-state index contributed by atoms with van der Waals surface area (Å²) in [6.07, 6.45) is 2.28. The van der Waals surface area contributed by atoms with Crippen molar-refractivity contribution in [1.29, 1.82) is 0 Å². The lowest BCUT2D eigenvalue weighted by Crippen LogP contribution is -2.43. The van der Waals surface area contributed by atoms with Crippen molar-refractivity contribution < 1.29 is 18.3 Å². The van der Waals surface area contributed by atoms with Gasteiger partial charge in [0.1, 0.15) is 11.6 Å². The van der Waals surface area contributed by atoms with Gasteiger partial charge in [-0.3, -0.25) is 0 Å². The number of nitrogens with zero attached hydrogens (tertiary/aromatic N) is 1. The highest BCUT2D eigenvalue weighted by Gasteiger charge is 2.27. The molecule has 22 heavy (non-hydrogen) atoms. The van der Waals surface area contributed by atoms with Gasteiger partial charge in [0, 0.05) is 26.3 Å². The van der Waals surface area contributed by atoms with Crippen LogP contribution in [0.4, 0.5) is 13.6 Å². The fourth-order valence-electron chi connectivity index (χ4n) is 2.27. The summed E-state index contributed by atoms with van der Waals surface area (Å²) in [4.78, 5) is 14.0. The number of nitrogens with one attached hydrogen (secondary N) is 1. The monoisotopic (exact) mass is 312 g/mol. The number of rotatable bonds is 7. The molecular weight excluding hydrogens is 290 g/mol. The number of carbonyl (C=O) groups excluding carboxylic acids is 1. The van der Waals surface area contributed by atoms with Crippen molar-refractivity contribution in [2.45, 2.75) is 25.8 Å². The first-order valence-electron chi connectivity index (χ1n) is 7.50. The molecule has 122 valence electrons. The first-order chi connectivity index (χ1) is 10.5. The zero-order valence-corrected chi connectivity index (χ0v) is 12.9. The van der Waals surface area contributed by atoms with Crippen LogP contribution in [0.25, 0.3) is 0 Å². The van der Waals surface area contributed by atoms with Crippen molar-refractivity contribution in [3.05, 3.63) is 35.4 Å². The molecule has 2 amide bonds. The smallest absolute Gasteiger partial charge is 0.317 e. The number of urea groups is 1. The van der Waals surface area contributed by atoms with Crippen molar-refractivity contribution in [2.75, 3.05) is 26.8 Å². The van der Waals surface area contributed by atoms with E-state index in [1.165, 1.54) is 12.1 Å². The Balaban J connectivity index is 1.97. The van der Waals surface area contributed by atoms with E-state index in [0.29, 0.717) is 31.2 Å². The number of methoxy groups -OCH3 is 1. The molecule has 0 heterocycles. The Morgan fingerprint density at radius 3 is 2.55 bits per heavy atom. The maximum atomic E-state index is 13.3. The third-order valence-corrected chi connectivity index (χ3v) is 3.75. The molecule has 0 radical (unpaired) electrons. The molecule has 2 rings (SSSR count). The summed E-state index contributed by atoms with van der Waals surface area (Å²) >= 11 is 0. The average Bonchev–Trinajstić information content (AvgIpc) is 3.26. The number of benzene rings is 1. The van der Waals surface area contributed by atoms with Crippen molar-refractivity contribution in [2.24, 2.45) is 5.92 Å².